The van der Waals surface area contributed by atoms with E-state index in [4.69, 9.17) is 9.47 Å². The summed E-state index contributed by atoms with van der Waals surface area (Å²) >= 11 is 1.67. The molecule has 5 nitrogen and oxygen atoms in total. The van der Waals surface area contributed by atoms with E-state index >= 15 is 0 Å². The third-order valence-corrected chi connectivity index (χ3v) is 5.35. The number of hydrogen-bond acceptors (Lipinski definition) is 4. The number of benzene rings is 1. The van der Waals surface area contributed by atoms with Crippen molar-refractivity contribution in [2.45, 2.75) is 52.9 Å². The van der Waals surface area contributed by atoms with Gasteiger partial charge in [-0.05, 0) is 57.3 Å². The first-order valence-corrected chi connectivity index (χ1v) is 10.3. The molecular weight excluding hydrogens is 360 g/mol. The summed E-state index contributed by atoms with van der Waals surface area (Å²) in [6, 6.07) is 10.1. The Bertz CT molecular complexity index is 716. The van der Waals surface area contributed by atoms with Gasteiger partial charge in [0, 0.05) is 16.5 Å². The van der Waals surface area contributed by atoms with E-state index in [1.54, 1.807) is 18.4 Å². The van der Waals surface area contributed by atoms with Crippen molar-refractivity contribution in [3.8, 4) is 11.5 Å². The molecule has 2 rings (SSSR count). The van der Waals surface area contributed by atoms with Crippen LogP contribution < -0.4 is 19.7 Å². The highest BCUT2D eigenvalue weighted by Gasteiger charge is 2.24. The molecule has 0 aliphatic heterocycles. The molecule has 1 unspecified atom stereocenters. The molecule has 2 atom stereocenters. The third kappa shape index (κ3) is 6.26. The van der Waals surface area contributed by atoms with Crippen LogP contribution in [-0.4, -0.2) is 31.6 Å². The molecule has 0 saturated carbocycles. The Labute approximate surface area is 166 Å². The van der Waals surface area contributed by atoms with Crippen molar-refractivity contribution in [1.29, 1.82) is 0 Å². The van der Waals surface area contributed by atoms with Crippen molar-refractivity contribution in [3.05, 3.63) is 46.2 Å². The van der Waals surface area contributed by atoms with Crippen LogP contribution in [0.4, 0.5) is 0 Å². The lowest BCUT2D eigenvalue weighted by atomic mass is 10.1. The summed E-state index contributed by atoms with van der Waals surface area (Å²) in [5.41, 5.74) is 1.12. The van der Waals surface area contributed by atoms with Crippen LogP contribution in [0.15, 0.2) is 35.7 Å². The molecule has 6 heteroatoms. The topological polar surface area (TPSA) is 52.0 Å². The Morgan fingerprint density at radius 2 is 2.00 bits per heavy atom. The van der Waals surface area contributed by atoms with E-state index in [9.17, 15) is 4.79 Å². The largest absolute Gasteiger partial charge is 0.493 e. The maximum Gasteiger partial charge on any atom is 0.278 e. The number of quaternary nitrogens is 1. The van der Waals surface area contributed by atoms with E-state index in [-0.39, 0.29) is 18.0 Å². The Balaban J connectivity index is 2.05. The number of likely N-dealkylation sites (N-methyl/N-ethyl adjacent to an activating group) is 1. The van der Waals surface area contributed by atoms with E-state index < -0.39 is 0 Å². The van der Waals surface area contributed by atoms with Gasteiger partial charge in [0.05, 0.1) is 13.7 Å². The second-order valence-corrected chi connectivity index (χ2v) is 7.96. The lowest BCUT2D eigenvalue weighted by molar-refractivity contribution is -0.926. The molecule has 1 aromatic heterocycles. The van der Waals surface area contributed by atoms with Gasteiger partial charge in [0.25, 0.3) is 5.91 Å². The molecule has 1 heterocycles. The first kappa shape index (κ1) is 21.3. The van der Waals surface area contributed by atoms with Crippen molar-refractivity contribution < 1.29 is 19.2 Å². The second kappa shape index (κ2) is 10.3. The lowest BCUT2D eigenvalue weighted by Crippen LogP contribution is -3.15. The fraction of sp³-hybridized carbons (Fsp3) is 0.476. The average Bonchev–Trinajstić information content (AvgIpc) is 3.17. The Kier molecular flexibility index (Phi) is 8.13. The number of thiophene rings is 1. The number of methoxy groups -OCH3 is 1. The molecule has 2 N–H and O–H groups in total. The monoisotopic (exact) mass is 391 g/mol. The van der Waals surface area contributed by atoms with Gasteiger partial charge in [0.1, 0.15) is 13.2 Å². The van der Waals surface area contributed by atoms with Crippen LogP contribution in [0.25, 0.3) is 0 Å². The second-order valence-electron chi connectivity index (χ2n) is 6.93. The van der Waals surface area contributed by atoms with E-state index in [0.717, 1.165) is 30.2 Å². The van der Waals surface area contributed by atoms with Gasteiger partial charge in [-0.15, -0.1) is 11.3 Å². The minimum Gasteiger partial charge on any atom is -0.493 e. The summed E-state index contributed by atoms with van der Waals surface area (Å²) < 4.78 is 11.4. The number of ether oxygens (including phenoxy) is 2. The number of nitrogens with one attached hydrogen (secondary N) is 2. The first-order valence-electron chi connectivity index (χ1n) is 9.41. The minimum atomic E-state index is -0.113. The molecule has 0 fully saturated rings. The summed E-state index contributed by atoms with van der Waals surface area (Å²) in [6.45, 7) is 10.2. The molecule has 1 amide bonds. The van der Waals surface area contributed by atoms with E-state index in [2.05, 4.69) is 24.4 Å². The van der Waals surface area contributed by atoms with Crippen LogP contribution in [0.3, 0.4) is 0 Å². The number of carbonyl (C=O) groups excluding carboxylic acids is 1. The summed E-state index contributed by atoms with van der Waals surface area (Å²) in [7, 11) is 1.65. The summed E-state index contributed by atoms with van der Waals surface area (Å²) in [5.74, 6) is 1.54. The zero-order valence-electron chi connectivity index (χ0n) is 16.9. The number of carbonyl (C=O) groups is 1. The standard InChI is InChI=1S/C21H30N2O3S/c1-6-23(16(4)21(24)22-15(2)3)13-17-9-10-19(20(12-17)25-5)26-14-18-8-7-11-27-18/h7-12,15-16H,6,13-14H2,1-5H3,(H,22,24)/p+1/t16-/m0/s1. The van der Waals surface area contributed by atoms with Crippen LogP contribution in [0.5, 0.6) is 11.5 Å². The highest BCUT2D eigenvalue weighted by Crippen LogP contribution is 2.29. The van der Waals surface area contributed by atoms with Crippen LogP contribution >= 0.6 is 11.3 Å². The number of hydrogen-bond donors (Lipinski definition) is 2. The zero-order chi connectivity index (χ0) is 19.8. The van der Waals surface area contributed by atoms with E-state index in [1.165, 1.54) is 9.78 Å². The molecule has 1 aromatic carbocycles. The van der Waals surface area contributed by atoms with Gasteiger partial charge >= 0.3 is 0 Å². The van der Waals surface area contributed by atoms with Crippen LogP contribution in [0.2, 0.25) is 0 Å². The van der Waals surface area contributed by atoms with E-state index in [1.807, 2.05) is 44.4 Å². The van der Waals surface area contributed by atoms with Gasteiger partial charge in [-0.25, -0.2) is 0 Å². The third-order valence-electron chi connectivity index (χ3n) is 4.50. The van der Waals surface area contributed by atoms with Crippen LogP contribution in [-0.2, 0) is 17.9 Å². The first-order chi connectivity index (χ1) is 12.9. The van der Waals surface area contributed by atoms with Gasteiger partial charge in [-0.2, -0.15) is 0 Å². The van der Waals surface area contributed by atoms with Crippen LogP contribution in [0, 0.1) is 0 Å². The van der Waals surface area contributed by atoms with Crippen molar-refractivity contribution in [3.63, 3.8) is 0 Å². The molecule has 0 saturated heterocycles. The SMILES string of the molecule is CC[NH+](Cc1ccc(OCc2cccs2)c(OC)c1)[C@@H](C)C(=O)NC(C)C. The number of amides is 1. The summed E-state index contributed by atoms with van der Waals surface area (Å²) in [5, 5.41) is 5.04. The Morgan fingerprint density at radius 3 is 2.59 bits per heavy atom. The summed E-state index contributed by atoms with van der Waals surface area (Å²) in [4.78, 5) is 14.7. The predicted molar refractivity (Wildman–Crippen MR) is 110 cm³/mol. The molecule has 0 aliphatic rings. The Morgan fingerprint density at radius 1 is 1.22 bits per heavy atom. The lowest BCUT2D eigenvalue weighted by Gasteiger charge is -2.25. The predicted octanol–water partition coefficient (Wildman–Crippen LogP) is 2.65. The van der Waals surface area contributed by atoms with E-state index in [0.29, 0.717) is 6.61 Å². The normalized spacial score (nSPS) is 13.3. The van der Waals surface area contributed by atoms with Gasteiger partial charge in [-0.1, -0.05) is 6.07 Å². The highest BCUT2D eigenvalue weighted by molar-refractivity contribution is 7.09. The maximum atomic E-state index is 12.3. The fourth-order valence-corrected chi connectivity index (χ4v) is 3.54. The average molecular weight is 392 g/mol. The minimum absolute atomic E-state index is 0.0877. The highest BCUT2D eigenvalue weighted by atomic mass is 32.1. The molecule has 2 aromatic rings. The van der Waals surface area contributed by atoms with Crippen molar-refractivity contribution in [1.82, 2.24) is 5.32 Å². The molecular formula is C21H31N2O3S+. The molecule has 27 heavy (non-hydrogen) atoms. The van der Waals surface area contributed by atoms with Gasteiger partial charge in [-0.3, -0.25) is 4.79 Å². The summed E-state index contributed by atoms with van der Waals surface area (Å²) in [6.07, 6.45) is 0. The maximum absolute atomic E-state index is 12.3. The van der Waals surface area contributed by atoms with Crippen molar-refractivity contribution in [2.24, 2.45) is 0 Å². The molecule has 0 bridgehead atoms. The zero-order valence-corrected chi connectivity index (χ0v) is 17.7. The molecule has 0 aliphatic carbocycles. The quantitative estimate of drug-likeness (QED) is 0.655. The van der Waals surface area contributed by atoms with Crippen LogP contribution in [0.1, 0.15) is 38.1 Å². The smallest absolute Gasteiger partial charge is 0.278 e. The van der Waals surface area contributed by atoms with Gasteiger partial charge < -0.3 is 19.7 Å². The Hall–Kier alpha value is -2.05. The fourth-order valence-electron chi connectivity index (χ4n) is 2.93. The van der Waals surface area contributed by atoms with Crippen molar-refractivity contribution in [2.75, 3.05) is 13.7 Å². The van der Waals surface area contributed by atoms with Crippen molar-refractivity contribution >= 4 is 17.2 Å². The number of rotatable bonds is 10. The molecule has 0 radical (unpaired) electrons. The molecule has 0 spiro atoms. The van der Waals surface area contributed by atoms with Gasteiger partial charge in [0.2, 0.25) is 0 Å². The van der Waals surface area contributed by atoms with Gasteiger partial charge in [0.15, 0.2) is 17.5 Å². The molecule has 148 valence electrons.